The number of ether oxygens (including phenoxy) is 1. The molecule has 1 aliphatic heterocycles. The minimum atomic E-state index is 0.531. The molecule has 0 amide bonds. The van der Waals surface area contributed by atoms with Crippen molar-refractivity contribution in [2.24, 2.45) is 5.92 Å². The number of benzene rings is 1. The summed E-state index contributed by atoms with van der Waals surface area (Å²) in [4.78, 5) is 2.34. The Hall–Kier alpha value is -0.940. The third-order valence-electron chi connectivity index (χ3n) is 5.59. The average molecular weight is 332 g/mol. The zero-order chi connectivity index (χ0) is 16.8. The maximum absolute atomic E-state index is 5.67. The quantitative estimate of drug-likeness (QED) is 0.804. The van der Waals surface area contributed by atoms with Gasteiger partial charge in [-0.15, -0.1) is 0 Å². The fourth-order valence-corrected chi connectivity index (χ4v) is 4.09. The van der Waals surface area contributed by atoms with Gasteiger partial charge in [-0.3, -0.25) is 0 Å². The molecule has 1 heterocycles. The lowest BCUT2D eigenvalue weighted by molar-refractivity contribution is 0.0524. The third kappa shape index (κ3) is 4.79. The first-order valence-corrected chi connectivity index (χ1v) is 9.57. The second-order valence-corrected chi connectivity index (χ2v) is 7.37. The van der Waals surface area contributed by atoms with Crippen LogP contribution in [0.3, 0.4) is 0 Å². The predicted molar refractivity (Wildman–Crippen MR) is 99.0 cm³/mol. The van der Waals surface area contributed by atoms with Crippen molar-refractivity contribution in [3.8, 4) is 0 Å². The van der Waals surface area contributed by atoms with Gasteiger partial charge in [0.15, 0.2) is 0 Å². The summed E-state index contributed by atoms with van der Waals surface area (Å²) in [5, 5.41) is 7.49. The molecule has 1 aliphatic carbocycles. The van der Waals surface area contributed by atoms with E-state index in [0.29, 0.717) is 18.0 Å². The van der Waals surface area contributed by atoms with Crippen LogP contribution in [0.15, 0.2) is 24.3 Å². The lowest BCUT2D eigenvalue weighted by atomic mass is 9.94. The highest BCUT2D eigenvalue weighted by molar-refractivity contribution is 5.23. The van der Waals surface area contributed by atoms with Crippen LogP contribution in [0, 0.1) is 5.92 Å². The van der Waals surface area contributed by atoms with Crippen molar-refractivity contribution < 1.29 is 4.74 Å². The number of nitrogens with zero attached hydrogens (tertiary/aromatic N) is 1. The van der Waals surface area contributed by atoms with E-state index in [1.807, 2.05) is 0 Å². The van der Waals surface area contributed by atoms with Crippen molar-refractivity contribution in [1.29, 1.82) is 0 Å². The maximum atomic E-state index is 5.67. The molecule has 24 heavy (non-hydrogen) atoms. The summed E-state index contributed by atoms with van der Waals surface area (Å²) in [5.41, 5.74) is 2.81. The highest BCUT2D eigenvalue weighted by atomic mass is 16.5. The fourth-order valence-electron chi connectivity index (χ4n) is 4.09. The molecule has 0 spiro atoms. The van der Waals surface area contributed by atoms with Gasteiger partial charge in [-0.1, -0.05) is 37.6 Å². The van der Waals surface area contributed by atoms with Crippen molar-refractivity contribution >= 4 is 0 Å². The maximum Gasteiger partial charge on any atom is 0.0623 e. The van der Waals surface area contributed by atoms with E-state index in [1.54, 1.807) is 0 Å². The molecule has 2 N–H and O–H groups in total. The van der Waals surface area contributed by atoms with Crippen molar-refractivity contribution in [3.05, 3.63) is 35.4 Å². The van der Waals surface area contributed by atoms with E-state index in [-0.39, 0.29) is 0 Å². The summed E-state index contributed by atoms with van der Waals surface area (Å²) in [6, 6.07) is 10.2. The van der Waals surface area contributed by atoms with E-state index in [4.69, 9.17) is 4.74 Å². The normalized spacial score (nSPS) is 27.7. The Kier molecular flexibility index (Phi) is 6.67. The molecule has 3 rings (SSSR count). The molecule has 2 fully saturated rings. The first-order valence-electron chi connectivity index (χ1n) is 9.57. The molecule has 0 bridgehead atoms. The third-order valence-corrected chi connectivity index (χ3v) is 5.59. The van der Waals surface area contributed by atoms with E-state index in [1.165, 1.54) is 30.4 Å². The minimum Gasteiger partial charge on any atom is -0.379 e. The first-order chi connectivity index (χ1) is 11.8. The summed E-state index contributed by atoms with van der Waals surface area (Å²) in [6.07, 6.45) is 3.95. The lowest BCUT2D eigenvalue weighted by Gasteiger charge is -2.33. The Morgan fingerprint density at radius 2 is 2.17 bits per heavy atom. The smallest absolute Gasteiger partial charge is 0.0623 e. The Bertz CT molecular complexity index is 501. The zero-order valence-electron chi connectivity index (χ0n) is 15.3. The highest BCUT2D eigenvalue weighted by Gasteiger charge is 2.34. The molecule has 2 aliphatic rings. The van der Waals surface area contributed by atoms with Crippen LogP contribution < -0.4 is 10.6 Å². The van der Waals surface area contributed by atoms with Crippen molar-refractivity contribution in [1.82, 2.24) is 15.5 Å². The van der Waals surface area contributed by atoms with Crippen molar-refractivity contribution in [3.63, 3.8) is 0 Å². The summed E-state index contributed by atoms with van der Waals surface area (Å²) < 4.78 is 5.67. The van der Waals surface area contributed by atoms with Crippen LogP contribution in [0.4, 0.5) is 0 Å². The van der Waals surface area contributed by atoms with Crippen LogP contribution in [-0.4, -0.2) is 50.3 Å². The molecule has 3 unspecified atom stereocenters. The van der Waals surface area contributed by atoms with Crippen molar-refractivity contribution in [2.75, 3.05) is 33.4 Å². The van der Waals surface area contributed by atoms with Crippen LogP contribution in [0.1, 0.15) is 37.3 Å². The second kappa shape index (κ2) is 8.95. The van der Waals surface area contributed by atoms with E-state index in [2.05, 4.69) is 53.8 Å². The summed E-state index contributed by atoms with van der Waals surface area (Å²) >= 11 is 0. The molecule has 1 saturated heterocycles. The zero-order valence-corrected chi connectivity index (χ0v) is 15.3. The van der Waals surface area contributed by atoms with Gasteiger partial charge in [0.25, 0.3) is 0 Å². The van der Waals surface area contributed by atoms with Gasteiger partial charge in [0.2, 0.25) is 0 Å². The fraction of sp³-hybridized carbons (Fsp3) is 0.700. The highest BCUT2D eigenvalue weighted by Crippen LogP contribution is 2.29. The molecular formula is C20H33N3O. The van der Waals surface area contributed by atoms with E-state index >= 15 is 0 Å². The summed E-state index contributed by atoms with van der Waals surface area (Å²) in [6.45, 7) is 8.03. The topological polar surface area (TPSA) is 36.5 Å². The predicted octanol–water partition coefficient (Wildman–Crippen LogP) is 2.38. The van der Waals surface area contributed by atoms with Gasteiger partial charge in [-0.05, 0) is 43.5 Å². The van der Waals surface area contributed by atoms with Crippen LogP contribution in [-0.2, 0) is 17.8 Å². The van der Waals surface area contributed by atoms with Gasteiger partial charge in [0, 0.05) is 31.7 Å². The van der Waals surface area contributed by atoms with E-state index in [9.17, 15) is 0 Å². The molecule has 3 atom stereocenters. The lowest BCUT2D eigenvalue weighted by Crippen LogP contribution is -2.50. The Morgan fingerprint density at radius 1 is 1.29 bits per heavy atom. The van der Waals surface area contributed by atoms with Gasteiger partial charge in [0.05, 0.1) is 13.2 Å². The molecule has 0 aromatic heterocycles. The molecule has 0 radical (unpaired) electrons. The Morgan fingerprint density at radius 3 is 2.96 bits per heavy atom. The standard InChI is InChI=1S/C20H33N3O/c1-3-23(2)14-17-7-4-6-16(12-17)13-22-19-9-5-8-18(19)20-15-24-11-10-21-20/h4,6-7,12,18-22H,3,5,8-11,13-15H2,1-2H3. The minimum absolute atomic E-state index is 0.531. The second-order valence-electron chi connectivity index (χ2n) is 7.37. The SMILES string of the molecule is CCN(C)Cc1cccc(CNC2CCCC2C2COCCN2)c1. The number of rotatable bonds is 7. The molecule has 4 heteroatoms. The van der Waals surface area contributed by atoms with Gasteiger partial charge >= 0.3 is 0 Å². The van der Waals surface area contributed by atoms with Gasteiger partial charge in [0.1, 0.15) is 0 Å². The summed E-state index contributed by atoms with van der Waals surface area (Å²) in [5.74, 6) is 0.708. The first kappa shape index (κ1) is 17.9. The number of hydrogen-bond acceptors (Lipinski definition) is 4. The van der Waals surface area contributed by atoms with E-state index in [0.717, 1.165) is 39.4 Å². The Labute approximate surface area is 147 Å². The van der Waals surface area contributed by atoms with Crippen LogP contribution >= 0.6 is 0 Å². The van der Waals surface area contributed by atoms with Crippen molar-refractivity contribution in [2.45, 2.75) is 51.4 Å². The average Bonchev–Trinajstić information content (AvgIpc) is 3.09. The number of hydrogen-bond donors (Lipinski definition) is 2. The Balaban J connectivity index is 1.53. The molecule has 4 nitrogen and oxygen atoms in total. The van der Waals surface area contributed by atoms with Crippen LogP contribution in [0.5, 0.6) is 0 Å². The van der Waals surface area contributed by atoms with E-state index < -0.39 is 0 Å². The van der Waals surface area contributed by atoms with Gasteiger partial charge in [-0.25, -0.2) is 0 Å². The van der Waals surface area contributed by atoms with Gasteiger partial charge < -0.3 is 20.3 Å². The largest absolute Gasteiger partial charge is 0.379 e. The molecule has 1 aromatic rings. The number of morpholine rings is 1. The molecular weight excluding hydrogens is 298 g/mol. The summed E-state index contributed by atoms with van der Waals surface area (Å²) in [7, 11) is 2.17. The van der Waals surface area contributed by atoms with Crippen LogP contribution in [0.25, 0.3) is 0 Å². The number of nitrogens with one attached hydrogen (secondary N) is 2. The molecule has 1 aromatic carbocycles. The van der Waals surface area contributed by atoms with Gasteiger partial charge in [-0.2, -0.15) is 0 Å². The molecule has 134 valence electrons. The monoisotopic (exact) mass is 331 g/mol. The molecule has 1 saturated carbocycles. The van der Waals surface area contributed by atoms with Crippen LogP contribution in [0.2, 0.25) is 0 Å².